The van der Waals surface area contributed by atoms with Crippen LogP contribution in [-0.2, 0) is 10.8 Å². The van der Waals surface area contributed by atoms with E-state index >= 15 is 0 Å². The fourth-order valence-corrected chi connectivity index (χ4v) is 3.80. The van der Waals surface area contributed by atoms with Crippen molar-refractivity contribution in [2.24, 2.45) is 0 Å². The monoisotopic (exact) mass is 344 g/mol. The number of rotatable bonds is 0. The van der Waals surface area contributed by atoms with E-state index < -0.39 is 0 Å². The van der Waals surface area contributed by atoms with Gasteiger partial charge in [-0.25, -0.2) is 0 Å². The zero-order valence-electron chi connectivity index (χ0n) is 16.3. The average Bonchev–Trinajstić information content (AvgIpc) is 2.55. The van der Waals surface area contributed by atoms with Gasteiger partial charge in [0.2, 0.25) is 10.9 Å². The van der Waals surface area contributed by atoms with Crippen molar-refractivity contribution in [3.05, 3.63) is 68.0 Å². The van der Waals surface area contributed by atoms with E-state index in [-0.39, 0.29) is 21.7 Å². The summed E-state index contributed by atoms with van der Waals surface area (Å²) in [5, 5.41) is 5.03. The lowest BCUT2D eigenvalue weighted by Gasteiger charge is -2.23. The molecule has 0 amide bonds. The van der Waals surface area contributed by atoms with E-state index in [1.807, 2.05) is 12.1 Å². The van der Waals surface area contributed by atoms with Crippen LogP contribution in [-0.4, -0.2) is 0 Å². The van der Waals surface area contributed by atoms with E-state index in [0.717, 1.165) is 32.7 Å². The molecule has 4 aromatic carbocycles. The van der Waals surface area contributed by atoms with E-state index in [0.29, 0.717) is 10.8 Å². The highest BCUT2D eigenvalue weighted by atomic mass is 16.2. The van der Waals surface area contributed by atoms with E-state index in [1.165, 1.54) is 0 Å². The average molecular weight is 344 g/mol. The summed E-state index contributed by atoms with van der Waals surface area (Å²) < 4.78 is 0. The zero-order chi connectivity index (χ0) is 19.0. The Morgan fingerprint density at radius 3 is 1.23 bits per heavy atom. The van der Waals surface area contributed by atoms with Gasteiger partial charge in [0.25, 0.3) is 0 Å². The summed E-state index contributed by atoms with van der Waals surface area (Å²) in [5.41, 5.74) is 1.23. The molecule has 0 saturated carbocycles. The van der Waals surface area contributed by atoms with Crippen molar-refractivity contribution in [2.75, 3.05) is 0 Å². The zero-order valence-corrected chi connectivity index (χ0v) is 16.3. The molecule has 0 radical (unpaired) electrons. The van der Waals surface area contributed by atoms with Crippen LogP contribution in [0, 0.1) is 0 Å². The Balaban J connectivity index is 2.29. The summed E-state index contributed by atoms with van der Waals surface area (Å²) >= 11 is 0. The third kappa shape index (κ3) is 2.32. The Hall–Kier alpha value is -2.48. The largest absolute Gasteiger partial charge is 0.285 e. The summed E-state index contributed by atoms with van der Waals surface area (Å²) in [7, 11) is 0. The quantitative estimate of drug-likeness (QED) is 0.319. The van der Waals surface area contributed by atoms with E-state index in [9.17, 15) is 9.59 Å². The second-order valence-electron chi connectivity index (χ2n) is 9.47. The first kappa shape index (κ1) is 17.0. The molecule has 0 spiro atoms. The minimum absolute atomic E-state index is 0.0840. The standard InChI is InChI=1S/C24H24O2/c1-23(2,3)15-9-13-7-8-14-10-16(24(4,5)6)12-18-20(14)19(13)17(11-15)21(25)22(18)26/h7-12H,1-6H3. The van der Waals surface area contributed by atoms with Crippen LogP contribution in [0.2, 0.25) is 0 Å². The second-order valence-corrected chi connectivity index (χ2v) is 9.47. The SMILES string of the molecule is CC(C)(C)c1cc2ccc3cc(C(C)(C)C)cc4c(=O)c(=O)c(c1)c2c34. The molecule has 4 rings (SSSR count). The molecule has 2 nitrogen and oxygen atoms in total. The molecule has 0 aliphatic carbocycles. The summed E-state index contributed by atoms with van der Waals surface area (Å²) in [6.07, 6.45) is 0. The highest BCUT2D eigenvalue weighted by Crippen LogP contribution is 2.37. The van der Waals surface area contributed by atoms with Crippen LogP contribution in [0.15, 0.2) is 46.0 Å². The fraction of sp³-hybridized carbons (Fsp3) is 0.333. The van der Waals surface area contributed by atoms with Crippen LogP contribution in [0.4, 0.5) is 0 Å². The lowest BCUT2D eigenvalue weighted by molar-refractivity contribution is 0.591. The number of hydrogen-bond donors (Lipinski definition) is 0. The summed E-state index contributed by atoms with van der Waals surface area (Å²) in [6, 6.07) is 12.3. The molecule has 0 fully saturated rings. The maximum absolute atomic E-state index is 12.9. The molecule has 132 valence electrons. The van der Waals surface area contributed by atoms with Gasteiger partial charge in [-0.3, -0.25) is 9.59 Å². The van der Waals surface area contributed by atoms with E-state index in [2.05, 4.69) is 65.8 Å². The van der Waals surface area contributed by atoms with Crippen LogP contribution in [0.1, 0.15) is 52.7 Å². The predicted octanol–water partition coefficient (Wildman–Crippen LogP) is 5.34. The third-order valence-corrected chi connectivity index (χ3v) is 5.46. The first-order valence-corrected chi connectivity index (χ1v) is 9.13. The lowest BCUT2D eigenvalue weighted by atomic mass is 9.81. The molecule has 0 aliphatic rings. The molecule has 0 aliphatic heterocycles. The predicted molar refractivity (Wildman–Crippen MR) is 111 cm³/mol. The minimum Gasteiger partial charge on any atom is -0.285 e. The van der Waals surface area contributed by atoms with Crippen LogP contribution in [0.3, 0.4) is 0 Å². The van der Waals surface area contributed by atoms with Crippen molar-refractivity contribution in [2.45, 2.75) is 52.4 Å². The second kappa shape index (κ2) is 5.03. The van der Waals surface area contributed by atoms with Gasteiger partial charge in [0.15, 0.2) is 0 Å². The molecule has 0 heterocycles. The molecule has 2 heteroatoms. The van der Waals surface area contributed by atoms with Gasteiger partial charge >= 0.3 is 0 Å². The fourth-order valence-electron chi connectivity index (χ4n) is 3.80. The van der Waals surface area contributed by atoms with Crippen molar-refractivity contribution >= 4 is 32.3 Å². The van der Waals surface area contributed by atoms with Crippen molar-refractivity contribution in [3.63, 3.8) is 0 Å². The van der Waals surface area contributed by atoms with Gasteiger partial charge in [-0.05, 0) is 44.9 Å². The normalized spacial score (nSPS) is 13.3. The Bertz CT molecular complexity index is 1170. The smallest absolute Gasteiger partial charge is 0.234 e. The van der Waals surface area contributed by atoms with E-state index in [4.69, 9.17) is 0 Å². The highest BCUT2D eigenvalue weighted by molar-refractivity contribution is 6.23. The summed E-state index contributed by atoms with van der Waals surface area (Å²) in [6.45, 7) is 12.7. The van der Waals surface area contributed by atoms with Gasteiger partial charge in [0.1, 0.15) is 0 Å². The highest BCUT2D eigenvalue weighted by Gasteiger charge is 2.22. The summed E-state index contributed by atoms with van der Waals surface area (Å²) in [4.78, 5) is 25.9. The molecule has 26 heavy (non-hydrogen) atoms. The third-order valence-electron chi connectivity index (χ3n) is 5.46. The van der Waals surface area contributed by atoms with Crippen molar-refractivity contribution in [1.82, 2.24) is 0 Å². The maximum Gasteiger partial charge on any atom is 0.234 e. The van der Waals surface area contributed by atoms with Crippen LogP contribution in [0.5, 0.6) is 0 Å². The summed E-state index contributed by atoms with van der Waals surface area (Å²) in [5.74, 6) is 0. The van der Waals surface area contributed by atoms with Crippen LogP contribution < -0.4 is 10.9 Å². The Morgan fingerprint density at radius 2 is 0.923 bits per heavy atom. The van der Waals surface area contributed by atoms with Gasteiger partial charge in [-0.2, -0.15) is 0 Å². The Labute approximate surface area is 153 Å². The van der Waals surface area contributed by atoms with Gasteiger partial charge in [-0.15, -0.1) is 0 Å². The molecule has 0 atom stereocenters. The Kier molecular flexibility index (Phi) is 3.28. The van der Waals surface area contributed by atoms with E-state index in [1.54, 1.807) is 0 Å². The molecular formula is C24H24O2. The van der Waals surface area contributed by atoms with Gasteiger partial charge in [0, 0.05) is 21.5 Å². The first-order chi connectivity index (χ1) is 12.0. The van der Waals surface area contributed by atoms with Crippen molar-refractivity contribution < 1.29 is 0 Å². The van der Waals surface area contributed by atoms with Gasteiger partial charge in [0.05, 0.1) is 0 Å². The molecule has 0 bridgehead atoms. The van der Waals surface area contributed by atoms with Crippen molar-refractivity contribution in [1.29, 1.82) is 0 Å². The first-order valence-electron chi connectivity index (χ1n) is 9.13. The molecular weight excluding hydrogens is 320 g/mol. The molecule has 0 N–H and O–H groups in total. The topological polar surface area (TPSA) is 34.1 Å². The van der Waals surface area contributed by atoms with Crippen LogP contribution >= 0.6 is 0 Å². The number of benzene rings is 4. The molecule has 0 unspecified atom stereocenters. The maximum atomic E-state index is 12.9. The molecule has 0 saturated heterocycles. The Morgan fingerprint density at radius 1 is 0.577 bits per heavy atom. The van der Waals surface area contributed by atoms with Gasteiger partial charge < -0.3 is 0 Å². The lowest BCUT2D eigenvalue weighted by Crippen LogP contribution is -2.25. The number of hydrogen-bond acceptors (Lipinski definition) is 2. The van der Waals surface area contributed by atoms with Crippen LogP contribution in [0.25, 0.3) is 32.3 Å². The molecule has 4 aromatic rings. The molecule has 0 aromatic heterocycles. The minimum atomic E-state index is -0.382. The van der Waals surface area contributed by atoms with Gasteiger partial charge in [-0.1, -0.05) is 65.8 Å². The van der Waals surface area contributed by atoms with Crippen molar-refractivity contribution in [3.8, 4) is 0 Å².